The monoisotopic (exact) mass is 226 g/mol. The largest absolute Gasteiger partial charge is 0.395 e. The van der Waals surface area contributed by atoms with Gasteiger partial charge in [-0.15, -0.1) is 0 Å². The first-order valence-corrected chi connectivity index (χ1v) is 6.91. The van der Waals surface area contributed by atoms with Crippen molar-refractivity contribution in [3.63, 3.8) is 0 Å². The summed E-state index contributed by atoms with van der Waals surface area (Å²) in [5, 5.41) is 16.4. The molecule has 1 saturated heterocycles. The maximum Gasteiger partial charge on any atom is 0.0582 e. The molecule has 0 amide bonds. The molecule has 3 nitrogen and oxygen atoms in total. The minimum Gasteiger partial charge on any atom is -0.395 e. The van der Waals surface area contributed by atoms with Gasteiger partial charge in [0.05, 0.1) is 6.61 Å². The zero-order valence-corrected chi connectivity index (χ0v) is 10.4. The first-order chi connectivity index (χ1) is 7.81. The summed E-state index contributed by atoms with van der Waals surface area (Å²) in [6.07, 6.45) is 8.06. The molecule has 3 heteroatoms. The molecule has 1 saturated carbocycles. The maximum atomic E-state index is 9.11. The van der Waals surface area contributed by atoms with Crippen LogP contribution in [0, 0.1) is 5.92 Å². The molecule has 1 heterocycles. The van der Waals surface area contributed by atoms with E-state index in [9.17, 15) is 0 Å². The number of aliphatic hydroxyl groups is 1. The maximum absolute atomic E-state index is 9.11. The third kappa shape index (κ3) is 2.96. The average molecular weight is 226 g/mol. The van der Waals surface area contributed by atoms with Crippen LogP contribution in [0.2, 0.25) is 0 Å². The van der Waals surface area contributed by atoms with E-state index < -0.39 is 0 Å². The van der Waals surface area contributed by atoms with Crippen molar-refractivity contribution >= 4 is 0 Å². The fraction of sp³-hybridized carbons (Fsp3) is 1.00. The first kappa shape index (κ1) is 12.3. The summed E-state index contributed by atoms with van der Waals surface area (Å²) in [5.41, 5.74) is 0. The molecule has 1 aliphatic heterocycles. The number of aliphatic hydroxyl groups excluding tert-OH is 1. The number of piperidine rings is 1. The number of hydrogen-bond donors (Lipinski definition) is 3. The Morgan fingerprint density at radius 3 is 2.81 bits per heavy atom. The summed E-state index contributed by atoms with van der Waals surface area (Å²) < 4.78 is 0. The molecule has 0 radical (unpaired) electrons. The Kier molecular flexibility index (Phi) is 4.62. The lowest BCUT2D eigenvalue weighted by Gasteiger charge is -2.34. The van der Waals surface area contributed by atoms with Crippen LogP contribution >= 0.6 is 0 Å². The molecule has 0 bridgehead atoms. The molecule has 0 spiro atoms. The van der Waals surface area contributed by atoms with E-state index in [1.54, 1.807) is 0 Å². The zero-order chi connectivity index (χ0) is 11.4. The molecule has 4 unspecified atom stereocenters. The zero-order valence-electron chi connectivity index (χ0n) is 10.4. The van der Waals surface area contributed by atoms with E-state index >= 15 is 0 Å². The normalized spacial score (nSPS) is 37.5. The van der Waals surface area contributed by atoms with E-state index in [0.717, 1.165) is 12.0 Å². The van der Waals surface area contributed by atoms with E-state index in [2.05, 4.69) is 17.6 Å². The summed E-state index contributed by atoms with van der Waals surface area (Å²) in [6, 6.07) is 1.59. The Balaban J connectivity index is 1.86. The molecule has 2 fully saturated rings. The van der Waals surface area contributed by atoms with E-state index in [-0.39, 0.29) is 12.6 Å². The summed E-state index contributed by atoms with van der Waals surface area (Å²) in [6.45, 7) is 3.52. The highest BCUT2D eigenvalue weighted by molar-refractivity contribution is 4.93. The van der Waals surface area contributed by atoms with Crippen molar-refractivity contribution in [2.75, 3.05) is 13.2 Å². The standard InChI is InChI=1S/C13H26N2O/c1-10(9-16)15-13-7-4-5-11(13)12-6-2-3-8-14-12/h10-16H,2-9H2,1H3. The van der Waals surface area contributed by atoms with Crippen LogP contribution in [-0.2, 0) is 0 Å². The van der Waals surface area contributed by atoms with Crippen LogP contribution in [0.3, 0.4) is 0 Å². The second-order valence-electron chi connectivity index (χ2n) is 5.51. The predicted octanol–water partition coefficient (Wildman–Crippen LogP) is 1.27. The van der Waals surface area contributed by atoms with Crippen molar-refractivity contribution in [3.8, 4) is 0 Å². The van der Waals surface area contributed by atoms with Gasteiger partial charge in [-0.3, -0.25) is 0 Å². The predicted molar refractivity (Wildman–Crippen MR) is 66.5 cm³/mol. The van der Waals surface area contributed by atoms with Gasteiger partial charge in [-0.05, 0) is 45.1 Å². The molecule has 0 aromatic heterocycles. The Bertz CT molecular complexity index is 204. The second-order valence-corrected chi connectivity index (χ2v) is 5.51. The highest BCUT2D eigenvalue weighted by atomic mass is 16.3. The molecule has 4 atom stereocenters. The van der Waals surface area contributed by atoms with Gasteiger partial charge in [-0.1, -0.05) is 12.8 Å². The van der Waals surface area contributed by atoms with Crippen LogP contribution < -0.4 is 10.6 Å². The first-order valence-electron chi connectivity index (χ1n) is 6.91. The Labute approximate surface area is 99.0 Å². The van der Waals surface area contributed by atoms with Crippen molar-refractivity contribution in [2.24, 2.45) is 5.92 Å². The molecule has 0 aromatic carbocycles. The minimum atomic E-state index is 0.245. The van der Waals surface area contributed by atoms with Crippen molar-refractivity contribution in [2.45, 2.75) is 63.6 Å². The van der Waals surface area contributed by atoms with Gasteiger partial charge in [0.25, 0.3) is 0 Å². The van der Waals surface area contributed by atoms with Crippen LogP contribution in [0.25, 0.3) is 0 Å². The van der Waals surface area contributed by atoms with Gasteiger partial charge in [-0.25, -0.2) is 0 Å². The van der Waals surface area contributed by atoms with Crippen molar-refractivity contribution in [1.29, 1.82) is 0 Å². The molecule has 1 aliphatic carbocycles. The number of nitrogens with one attached hydrogen (secondary N) is 2. The fourth-order valence-corrected chi connectivity index (χ4v) is 3.34. The van der Waals surface area contributed by atoms with Crippen LogP contribution in [-0.4, -0.2) is 36.4 Å². The van der Waals surface area contributed by atoms with Gasteiger partial charge in [0.15, 0.2) is 0 Å². The molecular weight excluding hydrogens is 200 g/mol. The third-order valence-electron chi connectivity index (χ3n) is 4.21. The minimum absolute atomic E-state index is 0.245. The van der Waals surface area contributed by atoms with Crippen molar-refractivity contribution in [3.05, 3.63) is 0 Å². The fourth-order valence-electron chi connectivity index (χ4n) is 3.34. The highest BCUT2D eigenvalue weighted by Gasteiger charge is 2.34. The summed E-state index contributed by atoms with van der Waals surface area (Å²) in [5.74, 6) is 0.786. The molecule has 94 valence electrons. The van der Waals surface area contributed by atoms with Gasteiger partial charge in [-0.2, -0.15) is 0 Å². The molecule has 0 aromatic rings. The Morgan fingerprint density at radius 2 is 2.12 bits per heavy atom. The third-order valence-corrected chi connectivity index (χ3v) is 4.21. The van der Waals surface area contributed by atoms with Crippen LogP contribution in [0.4, 0.5) is 0 Å². The van der Waals surface area contributed by atoms with Crippen LogP contribution in [0.1, 0.15) is 45.4 Å². The van der Waals surface area contributed by atoms with Gasteiger partial charge in [0.2, 0.25) is 0 Å². The van der Waals surface area contributed by atoms with Gasteiger partial charge in [0.1, 0.15) is 0 Å². The summed E-state index contributed by atoms with van der Waals surface area (Å²) in [4.78, 5) is 0. The molecule has 2 aliphatic rings. The van der Waals surface area contributed by atoms with Crippen molar-refractivity contribution in [1.82, 2.24) is 10.6 Å². The van der Waals surface area contributed by atoms with E-state index in [0.29, 0.717) is 6.04 Å². The van der Waals surface area contributed by atoms with Gasteiger partial charge >= 0.3 is 0 Å². The Morgan fingerprint density at radius 1 is 1.25 bits per heavy atom. The Hall–Kier alpha value is -0.120. The van der Waals surface area contributed by atoms with Gasteiger partial charge in [0, 0.05) is 18.1 Å². The average Bonchev–Trinajstić information content (AvgIpc) is 2.78. The van der Waals surface area contributed by atoms with Crippen LogP contribution in [0.15, 0.2) is 0 Å². The lowest BCUT2D eigenvalue weighted by Crippen LogP contribution is -2.49. The quantitative estimate of drug-likeness (QED) is 0.676. The molecule has 16 heavy (non-hydrogen) atoms. The number of rotatable bonds is 4. The van der Waals surface area contributed by atoms with E-state index in [1.165, 1.54) is 45.1 Å². The van der Waals surface area contributed by atoms with Crippen LogP contribution in [0.5, 0.6) is 0 Å². The molecular formula is C13H26N2O. The molecule has 3 N–H and O–H groups in total. The van der Waals surface area contributed by atoms with E-state index in [1.807, 2.05) is 0 Å². The van der Waals surface area contributed by atoms with Crippen molar-refractivity contribution < 1.29 is 5.11 Å². The lowest BCUT2D eigenvalue weighted by molar-refractivity contribution is 0.207. The molecule has 2 rings (SSSR count). The summed E-state index contributed by atoms with van der Waals surface area (Å²) >= 11 is 0. The highest BCUT2D eigenvalue weighted by Crippen LogP contribution is 2.31. The second kappa shape index (κ2) is 5.99. The van der Waals surface area contributed by atoms with E-state index in [4.69, 9.17) is 5.11 Å². The topological polar surface area (TPSA) is 44.3 Å². The van der Waals surface area contributed by atoms with Gasteiger partial charge < -0.3 is 15.7 Å². The SMILES string of the molecule is CC(CO)NC1CCCC1C1CCCCN1. The lowest BCUT2D eigenvalue weighted by atomic mass is 9.88. The number of hydrogen-bond acceptors (Lipinski definition) is 3. The smallest absolute Gasteiger partial charge is 0.0582 e. The summed E-state index contributed by atoms with van der Waals surface area (Å²) in [7, 11) is 0.